The van der Waals surface area contributed by atoms with Gasteiger partial charge in [-0.2, -0.15) is 13.2 Å². The first-order chi connectivity index (χ1) is 15.9. The third kappa shape index (κ3) is 6.34. The molecule has 0 bridgehead atoms. The zero-order valence-corrected chi connectivity index (χ0v) is 18.5. The van der Waals surface area contributed by atoms with Gasteiger partial charge in [0.05, 0.1) is 11.5 Å². The second kappa shape index (κ2) is 10.2. The first-order valence-electron chi connectivity index (χ1n) is 10.6. The maximum Gasteiger partial charge on any atom is 0.416 e. The van der Waals surface area contributed by atoms with Crippen LogP contribution in [0.5, 0.6) is 5.75 Å². The zero-order valence-electron chi connectivity index (χ0n) is 18.5. The molecular formula is C26H23F5O3. The van der Waals surface area contributed by atoms with Gasteiger partial charge in [0, 0.05) is 11.6 Å². The molecule has 0 radical (unpaired) electrons. The van der Waals surface area contributed by atoms with Crippen LogP contribution >= 0.6 is 0 Å². The summed E-state index contributed by atoms with van der Waals surface area (Å²) in [4.78, 5) is 12.0. The maximum atomic E-state index is 14.0. The summed E-state index contributed by atoms with van der Waals surface area (Å²) in [5.74, 6) is -3.17. The van der Waals surface area contributed by atoms with E-state index in [2.05, 4.69) is 0 Å². The van der Waals surface area contributed by atoms with Crippen molar-refractivity contribution in [2.24, 2.45) is 5.92 Å². The van der Waals surface area contributed by atoms with Crippen LogP contribution in [0.3, 0.4) is 0 Å². The Kier molecular flexibility index (Phi) is 7.59. The Hall–Kier alpha value is -3.42. The molecule has 0 aliphatic rings. The number of carboxylic acid groups (broad SMARTS) is 1. The highest BCUT2D eigenvalue weighted by Crippen LogP contribution is 2.35. The normalized spacial score (nSPS) is 12.6. The quantitative estimate of drug-likeness (QED) is 0.342. The number of halogens is 5. The van der Waals surface area contributed by atoms with E-state index in [1.807, 2.05) is 13.8 Å². The molecule has 0 heterocycles. The average Bonchev–Trinajstić information content (AvgIpc) is 2.76. The Morgan fingerprint density at radius 3 is 2.18 bits per heavy atom. The van der Waals surface area contributed by atoms with Crippen LogP contribution in [0.15, 0.2) is 60.7 Å². The Morgan fingerprint density at radius 2 is 1.62 bits per heavy atom. The Bertz CT molecular complexity index is 1150. The number of alkyl halides is 3. The molecule has 0 aliphatic heterocycles. The average molecular weight is 478 g/mol. The lowest BCUT2D eigenvalue weighted by atomic mass is 9.88. The van der Waals surface area contributed by atoms with E-state index in [0.29, 0.717) is 23.1 Å². The molecule has 0 aliphatic carbocycles. The topological polar surface area (TPSA) is 46.5 Å². The summed E-state index contributed by atoms with van der Waals surface area (Å²) in [7, 11) is 0. The number of aliphatic carboxylic acids is 1. The highest BCUT2D eigenvalue weighted by Gasteiger charge is 2.30. The van der Waals surface area contributed by atoms with E-state index in [1.165, 1.54) is 24.3 Å². The molecular weight excluding hydrogens is 455 g/mol. The van der Waals surface area contributed by atoms with Crippen molar-refractivity contribution >= 4 is 5.97 Å². The van der Waals surface area contributed by atoms with E-state index in [4.69, 9.17) is 4.74 Å². The van der Waals surface area contributed by atoms with E-state index in [0.717, 1.165) is 24.3 Å². The van der Waals surface area contributed by atoms with Crippen molar-refractivity contribution in [3.05, 3.63) is 89.0 Å². The lowest BCUT2D eigenvalue weighted by Gasteiger charge is -2.18. The van der Waals surface area contributed by atoms with Crippen molar-refractivity contribution < 1.29 is 36.6 Å². The van der Waals surface area contributed by atoms with Gasteiger partial charge in [-0.05, 0) is 65.4 Å². The predicted octanol–water partition coefficient (Wildman–Crippen LogP) is 7.44. The van der Waals surface area contributed by atoms with Crippen LogP contribution in [0, 0.1) is 17.6 Å². The van der Waals surface area contributed by atoms with Gasteiger partial charge in [0.15, 0.2) is 0 Å². The molecule has 0 fully saturated rings. The number of hydrogen-bond acceptors (Lipinski definition) is 2. The zero-order chi connectivity index (χ0) is 25.0. The Labute approximate surface area is 193 Å². The largest absolute Gasteiger partial charge is 0.489 e. The predicted molar refractivity (Wildman–Crippen MR) is 117 cm³/mol. The minimum Gasteiger partial charge on any atom is -0.489 e. The molecule has 3 aromatic rings. The Morgan fingerprint density at radius 1 is 0.941 bits per heavy atom. The van der Waals surface area contributed by atoms with Crippen molar-refractivity contribution in [1.29, 1.82) is 0 Å². The van der Waals surface area contributed by atoms with Crippen LogP contribution in [0.2, 0.25) is 0 Å². The van der Waals surface area contributed by atoms with Crippen molar-refractivity contribution in [1.82, 2.24) is 0 Å². The van der Waals surface area contributed by atoms with E-state index in [-0.39, 0.29) is 23.8 Å². The van der Waals surface area contributed by atoms with Crippen LogP contribution < -0.4 is 4.74 Å². The summed E-state index contributed by atoms with van der Waals surface area (Å²) in [5, 5.41) is 9.77. The summed E-state index contributed by atoms with van der Waals surface area (Å²) < 4.78 is 71.7. The second-order valence-corrected chi connectivity index (χ2v) is 8.41. The molecule has 3 aromatic carbocycles. The fourth-order valence-electron chi connectivity index (χ4n) is 3.58. The highest BCUT2D eigenvalue weighted by atomic mass is 19.4. The molecule has 0 amide bonds. The number of rotatable bonds is 8. The van der Waals surface area contributed by atoms with E-state index < -0.39 is 35.3 Å². The molecule has 0 saturated heterocycles. The fraction of sp³-hybridized carbons (Fsp3) is 0.269. The van der Waals surface area contributed by atoms with Gasteiger partial charge in [-0.3, -0.25) is 4.79 Å². The molecule has 1 unspecified atom stereocenters. The van der Waals surface area contributed by atoms with Gasteiger partial charge in [-0.15, -0.1) is 0 Å². The van der Waals surface area contributed by atoms with Crippen molar-refractivity contribution in [2.45, 2.75) is 39.0 Å². The minimum absolute atomic E-state index is 0.0634. The van der Waals surface area contributed by atoms with Crippen LogP contribution in [0.1, 0.15) is 42.9 Å². The van der Waals surface area contributed by atoms with Crippen molar-refractivity contribution in [2.75, 3.05) is 0 Å². The third-order valence-corrected chi connectivity index (χ3v) is 5.29. The van der Waals surface area contributed by atoms with Gasteiger partial charge in [0.1, 0.15) is 24.0 Å². The summed E-state index contributed by atoms with van der Waals surface area (Å²) in [6.07, 6.45) is -4.16. The van der Waals surface area contributed by atoms with Crippen molar-refractivity contribution in [3.8, 4) is 16.9 Å². The van der Waals surface area contributed by atoms with Crippen LogP contribution in [-0.2, 0) is 17.6 Å². The number of hydrogen-bond donors (Lipinski definition) is 1. The van der Waals surface area contributed by atoms with E-state index in [9.17, 15) is 31.9 Å². The molecule has 0 aromatic heterocycles. The summed E-state index contributed by atoms with van der Waals surface area (Å²) in [6, 6.07) is 12.2. The van der Waals surface area contributed by atoms with Gasteiger partial charge >= 0.3 is 12.1 Å². The van der Waals surface area contributed by atoms with Crippen molar-refractivity contribution in [3.63, 3.8) is 0 Å². The van der Waals surface area contributed by atoms with Gasteiger partial charge in [0.2, 0.25) is 0 Å². The Balaban J connectivity index is 2.01. The minimum atomic E-state index is -4.49. The molecule has 8 heteroatoms. The SMILES string of the molecule is CC(C)CC(C(=O)O)c1cc(OCc2ccc(F)cc2F)cc(-c2ccc(C(F)(F)F)cc2)c1. The highest BCUT2D eigenvalue weighted by molar-refractivity contribution is 5.78. The number of carbonyl (C=O) groups is 1. The fourth-order valence-corrected chi connectivity index (χ4v) is 3.58. The first kappa shape index (κ1) is 25.2. The molecule has 34 heavy (non-hydrogen) atoms. The third-order valence-electron chi connectivity index (χ3n) is 5.29. The maximum absolute atomic E-state index is 14.0. The van der Waals surface area contributed by atoms with Crippen LogP contribution in [0.25, 0.3) is 11.1 Å². The lowest BCUT2D eigenvalue weighted by Crippen LogP contribution is -2.14. The molecule has 180 valence electrons. The summed E-state index contributed by atoms with van der Waals surface area (Å²) in [6.45, 7) is 3.51. The van der Waals surface area contributed by atoms with Gasteiger partial charge in [-0.25, -0.2) is 8.78 Å². The van der Waals surface area contributed by atoms with E-state index >= 15 is 0 Å². The lowest BCUT2D eigenvalue weighted by molar-refractivity contribution is -0.139. The first-order valence-corrected chi connectivity index (χ1v) is 10.6. The molecule has 0 saturated carbocycles. The molecule has 3 rings (SSSR count). The second-order valence-electron chi connectivity index (χ2n) is 8.41. The van der Waals surface area contributed by atoms with Crippen LogP contribution in [0.4, 0.5) is 22.0 Å². The smallest absolute Gasteiger partial charge is 0.416 e. The number of ether oxygens (including phenoxy) is 1. The number of benzene rings is 3. The number of carboxylic acids is 1. The van der Waals surface area contributed by atoms with E-state index in [1.54, 1.807) is 12.1 Å². The molecule has 1 N–H and O–H groups in total. The van der Waals surface area contributed by atoms with Gasteiger partial charge in [0.25, 0.3) is 0 Å². The van der Waals surface area contributed by atoms with Gasteiger partial charge < -0.3 is 9.84 Å². The summed E-state index contributed by atoms with van der Waals surface area (Å²) >= 11 is 0. The monoisotopic (exact) mass is 478 g/mol. The summed E-state index contributed by atoms with van der Waals surface area (Å²) in [5.41, 5.74) is 0.587. The van der Waals surface area contributed by atoms with Crippen LogP contribution in [-0.4, -0.2) is 11.1 Å². The molecule has 1 atom stereocenters. The molecule has 0 spiro atoms. The van der Waals surface area contributed by atoms with Gasteiger partial charge in [-0.1, -0.05) is 32.0 Å². The molecule has 3 nitrogen and oxygen atoms in total. The standard InChI is InChI=1S/C26H23F5O3/c1-15(2)9-23(25(32)33)19-10-18(16-3-6-20(7-4-16)26(29,30)31)11-22(12-19)34-14-17-5-8-21(27)13-24(17)28/h3-8,10-13,15,23H,9,14H2,1-2H3,(H,32,33).